The topological polar surface area (TPSA) is 67.6 Å². The van der Waals surface area contributed by atoms with E-state index >= 15 is 0 Å². The number of hydrogen-bond acceptors (Lipinski definition) is 6. The number of methoxy groups -OCH3 is 1. The molecule has 0 saturated carbocycles. The van der Waals surface area contributed by atoms with Crippen molar-refractivity contribution in [1.29, 1.82) is 0 Å². The first-order valence-electron chi connectivity index (χ1n) is 9.84. The number of para-hydroxylation sites is 1. The van der Waals surface area contributed by atoms with Crippen molar-refractivity contribution in [3.8, 4) is 16.5 Å². The molecule has 6 nitrogen and oxygen atoms in total. The molecule has 1 unspecified atom stereocenters. The number of ether oxygens (including phenoxy) is 1. The molecule has 7 heteroatoms. The fourth-order valence-electron chi connectivity index (χ4n) is 3.82. The van der Waals surface area contributed by atoms with Gasteiger partial charge in [0.1, 0.15) is 11.4 Å². The normalized spacial score (nSPS) is 15.4. The number of carbonyl (C=O) groups is 1. The minimum absolute atomic E-state index is 0.0704. The van der Waals surface area contributed by atoms with Crippen LogP contribution in [0.5, 0.6) is 5.75 Å². The van der Waals surface area contributed by atoms with Gasteiger partial charge in [-0.1, -0.05) is 18.2 Å². The third-order valence-electron chi connectivity index (χ3n) is 5.28. The Morgan fingerprint density at radius 1 is 1.28 bits per heavy atom. The van der Waals surface area contributed by atoms with E-state index in [1.165, 1.54) is 24.2 Å². The Kier molecular flexibility index (Phi) is 5.97. The van der Waals surface area contributed by atoms with Crippen LogP contribution in [0.1, 0.15) is 39.8 Å². The number of hydrogen-bond donors (Lipinski definition) is 1. The number of amides is 1. The molecule has 0 radical (unpaired) electrons. The molecule has 0 aliphatic carbocycles. The molecular formula is C22H25N3O3S. The summed E-state index contributed by atoms with van der Waals surface area (Å²) in [6.07, 6.45) is 3.97. The number of aryl methyl sites for hydroxylation is 1. The van der Waals surface area contributed by atoms with Crippen LogP contribution in [0.4, 0.5) is 0 Å². The van der Waals surface area contributed by atoms with Crippen molar-refractivity contribution < 1.29 is 13.9 Å². The van der Waals surface area contributed by atoms with Gasteiger partial charge in [0.25, 0.3) is 5.91 Å². The Balaban J connectivity index is 1.52. The van der Waals surface area contributed by atoms with Crippen molar-refractivity contribution in [1.82, 2.24) is 15.2 Å². The smallest absolute Gasteiger partial charge is 0.271 e. The summed E-state index contributed by atoms with van der Waals surface area (Å²) in [5.74, 6) is 1.38. The van der Waals surface area contributed by atoms with E-state index in [2.05, 4.69) is 21.3 Å². The van der Waals surface area contributed by atoms with Gasteiger partial charge in [-0.15, -0.1) is 11.3 Å². The monoisotopic (exact) mass is 411 g/mol. The molecule has 1 aliphatic rings. The van der Waals surface area contributed by atoms with E-state index in [9.17, 15) is 4.79 Å². The number of rotatable bonds is 7. The lowest BCUT2D eigenvalue weighted by Crippen LogP contribution is -2.37. The van der Waals surface area contributed by atoms with Crippen LogP contribution in [0.2, 0.25) is 0 Å². The highest BCUT2D eigenvalue weighted by molar-refractivity contribution is 7.15. The number of nitrogens with zero attached hydrogens (tertiary/aromatic N) is 2. The molecule has 3 aromatic rings. The highest BCUT2D eigenvalue weighted by Gasteiger charge is 2.27. The van der Waals surface area contributed by atoms with Gasteiger partial charge >= 0.3 is 0 Å². The second-order valence-corrected chi connectivity index (χ2v) is 8.32. The molecular weight excluding hydrogens is 386 g/mol. The Morgan fingerprint density at radius 3 is 2.79 bits per heavy atom. The molecule has 1 saturated heterocycles. The number of aromatic nitrogens is 1. The third kappa shape index (κ3) is 4.21. The van der Waals surface area contributed by atoms with Gasteiger partial charge < -0.3 is 14.5 Å². The Labute approximate surface area is 174 Å². The van der Waals surface area contributed by atoms with Gasteiger partial charge in [0.05, 0.1) is 19.4 Å². The van der Waals surface area contributed by atoms with Gasteiger partial charge in [-0.3, -0.25) is 9.69 Å². The molecule has 1 N–H and O–H groups in total. The zero-order chi connectivity index (χ0) is 20.2. The van der Waals surface area contributed by atoms with Crippen LogP contribution < -0.4 is 10.1 Å². The lowest BCUT2D eigenvalue weighted by molar-refractivity contribution is 0.0932. The van der Waals surface area contributed by atoms with E-state index < -0.39 is 0 Å². The van der Waals surface area contributed by atoms with Crippen molar-refractivity contribution in [3.63, 3.8) is 0 Å². The van der Waals surface area contributed by atoms with E-state index in [1.54, 1.807) is 13.4 Å². The van der Waals surface area contributed by atoms with Crippen molar-refractivity contribution >= 4 is 17.2 Å². The number of nitrogens with one attached hydrogen (secondary N) is 1. The zero-order valence-corrected chi connectivity index (χ0v) is 17.5. The molecule has 1 fully saturated rings. The summed E-state index contributed by atoms with van der Waals surface area (Å²) in [5, 5.41) is 3.82. The molecule has 1 aromatic carbocycles. The first kappa shape index (κ1) is 19.7. The summed E-state index contributed by atoms with van der Waals surface area (Å²) in [6, 6.07) is 11.8. The van der Waals surface area contributed by atoms with Gasteiger partial charge in [-0.25, -0.2) is 4.98 Å². The summed E-state index contributed by atoms with van der Waals surface area (Å²) in [4.78, 5) is 20.7. The average molecular weight is 412 g/mol. The van der Waals surface area contributed by atoms with Crippen molar-refractivity contribution in [2.45, 2.75) is 25.8 Å². The SMILES string of the molecule is COc1ccccc1C(CNC(=O)c1nc(-c2ccco2)sc1C)N1CCCC1. The van der Waals surface area contributed by atoms with E-state index in [4.69, 9.17) is 9.15 Å². The number of furan rings is 1. The lowest BCUT2D eigenvalue weighted by atomic mass is 10.0. The summed E-state index contributed by atoms with van der Waals surface area (Å²) < 4.78 is 11.0. The molecule has 0 spiro atoms. The van der Waals surface area contributed by atoms with Crippen LogP contribution in [0.15, 0.2) is 47.1 Å². The van der Waals surface area contributed by atoms with Gasteiger partial charge in [0.15, 0.2) is 10.8 Å². The third-order valence-corrected chi connectivity index (χ3v) is 6.26. The molecule has 2 aromatic heterocycles. The van der Waals surface area contributed by atoms with Gasteiger partial charge in [0.2, 0.25) is 0 Å². The highest BCUT2D eigenvalue weighted by atomic mass is 32.1. The second-order valence-electron chi connectivity index (χ2n) is 7.11. The van der Waals surface area contributed by atoms with E-state index in [-0.39, 0.29) is 11.9 Å². The molecule has 0 bridgehead atoms. The number of benzene rings is 1. The van der Waals surface area contributed by atoms with Crippen LogP contribution in [-0.2, 0) is 0 Å². The Morgan fingerprint density at radius 2 is 2.07 bits per heavy atom. The molecule has 1 aliphatic heterocycles. The van der Waals surface area contributed by atoms with Crippen LogP contribution in [0.25, 0.3) is 10.8 Å². The number of thiazole rings is 1. The molecule has 3 heterocycles. The van der Waals surface area contributed by atoms with Crippen LogP contribution in [0.3, 0.4) is 0 Å². The minimum Gasteiger partial charge on any atom is -0.496 e. The summed E-state index contributed by atoms with van der Waals surface area (Å²) in [5.41, 5.74) is 1.56. The molecule has 4 rings (SSSR count). The van der Waals surface area contributed by atoms with E-state index in [0.29, 0.717) is 18.0 Å². The van der Waals surface area contributed by atoms with Crippen molar-refractivity contribution in [2.75, 3.05) is 26.7 Å². The Bertz CT molecular complexity index is 962. The number of likely N-dealkylation sites (tertiary alicyclic amines) is 1. The summed E-state index contributed by atoms with van der Waals surface area (Å²) >= 11 is 1.47. The van der Waals surface area contributed by atoms with Crippen LogP contribution >= 0.6 is 11.3 Å². The Hall–Kier alpha value is -2.64. The van der Waals surface area contributed by atoms with Gasteiger partial charge in [-0.05, 0) is 51.1 Å². The van der Waals surface area contributed by atoms with Crippen molar-refractivity contribution in [2.24, 2.45) is 0 Å². The maximum Gasteiger partial charge on any atom is 0.271 e. The predicted molar refractivity (Wildman–Crippen MR) is 113 cm³/mol. The lowest BCUT2D eigenvalue weighted by Gasteiger charge is -2.29. The van der Waals surface area contributed by atoms with Gasteiger partial charge in [0, 0.05) is 17.0 Å². The first-order valence-corrected chi connectivity index (χ1v) is 10.7. The number of carbonyl (C=O) groups excluding carboxylic acids is 1. The summed E-state index contributed by atoms with van der Waals surface area (Å²) in [7, 11) is 1.69. The van der Waals surface area contributed by atoms with E-state index in [0.717, 1.165) is 34.3 Å². The quantitative estimate of drug-likeness (QED) is 0.628. The predicted octanol–water partition coefficient (Wildman–Crippen LogP) is 4.29. The fraction of sp³-hybridized carbons (Fsp3) is 0.364. The standard InChI is InChI=1S/C22H25N3O3S/c1-15-20(24-22(29-15)19-10-7-13-28-19)21(26)23-14-17(25-11-5-6-12-25)16-8-3-4-9-18(16)27-2/h3-4,7-10,13,17H,5-6,11-12,14H2,1-2H3,(H,23,26). The molecule has 152 valence electrons. The van der Waals surface area contributed by atoms with Crippen LogP contribution in [-0.4, -0.2) is 42.5 Å². The van der Waals surface area contributed by atoms with E-state index in [1.807, 2.05) is 37.3 Å². The highest BCUT2D eigenvalue weighted by Crippen LogP contribution is 2.32. The average Bonchev–Trinajstić information content (AvgIpc) is 3.50. The maximum atomic E-state index is 12.9. The molecule has 29 heavy (non-hydrogen) atoms. The summed E-state index contributed by atoms with van der Waals surface area (Å²) in [6.45, 7) is 4.47. The van der Waals surface area contributed by atoms with Gasteiger partial charge in [-0.2, -0.15) is 0 Å². The largest absolute Gasteiger partial charge is 0.496 e. The van der Waals surface area contributed by atoms with Crippen LogP contribution in [0, 0.1) is 6.92 Å². The second kappa shape index (κ2) is 8.80. The first-order chi connectivity index (χ1) is 14.2. The maximum absolute atomic E-state index is 12.9. The molecule has 1 atom stereocenters. The molecule has 1 amide bonds. The van der Waals surface area contributed by atoms with Crippen molar-refractivity contribution in [3.05, 3.63) is 58.8 Å². The minimum atomic E-state index is -0.157. The zero-order valence-electron chi connectivity index (χ0n) is 16.7. The fourth-order valence-corrected chi connectivity index (χ4v) is 4.70.